The van der Waals surface area contributed by atoms with E-state index in [9.17, 15) is 4.39 Å². The number of nitrogens with one attached hydrogen (secondary N) is 1. The molecule has 1 unspecified atom stereocenters. The molecule has 0 bridgehead atoms. The highest BCUT2D eigenvalue weighted by Crippen LogP contribution is 2.39. The summed E-state index contributed by atoms with van der Waals surface area (Å²) in [6, 6.07) is 4.88. The molecule has 19 heavy (non-hydrogen) atoms. The summed E-state index contributed by atoms with van der Waals surface area (Å²) in [5.74, 6) is 5.41. The predicted molar refractivity (Wildman–Crippen MR) is 77.1 cm³/mol. The van der Waals surface area contributed by atoms with Gasteiger partial charge in [0.15, 0.2) is 0 Å². The van der Waals surface area contributed by atoms with E-state index in [1.54, 1.807) is 13.2 Å². The van der Waals surface area contributed by atoms with Gasteiger partial charge in [-0.15, -0.1) is 0 Å². The topological polar surface area (TPSA) is 47.3 Å². The van der Waals surface area contributed by atoms with Crippen LogP contribution in [0.3, 0.4) is 0 Å². The van der Waals surface area contributed by atoms with Gasteiger partial charge in [-0.3, -0.25) is 11.3 Å². The Bertz CT molecular complexity index is 432. The first-order valence-electron chi connectivity index (χ1n) is 6.54. The maximum atomic E-state index is 13.1. The maximum absolute atomic E-state index is 13.1. The largest absolute Gasteiger partial charge is 0.378 e. The monoisotopic (exact) mass is 330 g/mol. The van der Waals surface area contributed by atoms with E-state index in [1.165, 1.54) is 18.6 Å². The van der Waals surface area contributed by atoms with Crippen LogP contribution in [0.4, 0.5) is 4.39 Å². The zero-order valence-corrected chi connectivity index (χ0v) is 12.7. The molecule has 1 aromatic carbocycles. The molecule has 0 spiro atoms. The second-order valence-electron chi connectivity index (χ2n) is 5.25. The van der Waals surface area contributed by atoms with E-state index in [2.05, 4.69) is 21.4 Å². The summed E-state index contributed by atoms with van der Waals surface area (Å²) in [4.78, 5) is 0. The summed E-state index contributed by atoms with van der Waals surface area (Å²) in [5, 5.41) is 0. The van der Waals surface area contributed by atoms with E-state index >= 15 is 0 Å². The quantitative estimate of drug-likeness (QED) is 0.622. The van der Waals surface area contributed by atoms with Crippen LogP contribution < -0.4 is 11.3 Å². The van der Waals surface area contributed by atoms with Crippen LogP contribution >= 0.6 is 15.9 Å². The normalized spacial score (nSPS) is 18.9. The molecule has 5 heteroatoms. The van der Waals surface area contributed by atoms with Gasteiger partial charge in [-0.2, -0.15) is 0 Å². The van der Waals surface area contributed by atoms with Crippen LogP contribution in [0.5, 0.6) is 0 Å². The van der Waals surface area contributed by atoms with Crippen LogP contribution in [0.15, 0.2) is 22.7 Å². The lowest BCUT2D eigenvalue weighted by Gasteiger charge is -2.42. The van der Waals surface area contributed by atoms with Gasteiger partial charge >= 0.3 is 0 Å². The van der Waals surface area contributed by atoms with Crippen LogP contribution in [-0.4, -0.2) is 18.8 Å². The van der Waals surface area contributed by atoms with Gasteiger partial charge in [-0.25, -0.2) is 4.39 Å². The highest BCUT2D eigenvalue weighted by atomic mass is 79.9. The number of hydrogen-bond donors (Lipinski definition) is 2. The molecular weight excluding hydrogens is 311 g/mol. The molecule has 1 aromatic rings. The SMILES string of the molecule is COC1(CC(Cc2ccc(F)cc2Br)NN)CCC1. The molecule has 0 saturated heterocycles. The second kappa shape index (κ2) is 6.31. The zero-order valence-electron chi connectivity index (χ0n) is 11.1. The average molecular weight is 331 g/mol. The van der Waals surface area contributed by atoms with E-state index in [-0.39, 0.29) is 17.5 Å². The average Bonchev–Trinajstić information content (AvgIpc) is 2.35. The molecule has 1 fully saturated rings. The van der Waals surface area contributed by atoms with Crippen molar-refractivity contribution in [1.29, 1.82) is 0 Å². The van der Waals surface area contributed by atoms with Crippen molar-refractivity contribution >= 4 is 15.9 Å². The van der Waals surface area contributed by atoms with Gasteiger partial charge in [-0.1, -0.05) is 22.0 Å². The first-order chi connectivity index (χ1) is 9.08. The van der Waals surface area contributed by atoms with Crippen molar-refractivity contribution in [3.63, 3.8) is 0 Å². The molecular formula is C14H20BrFN2O. The molecule has 1 atom stereocenters. The lowest BCUT2D eigenvalue weighted by Crippen LogP contribution is -2.48. The minimum absolute atomic E-state index is 0.0243. The first kappa shape index (κ1) is 14.9. The fourth-order valence-corrected chi connectivity index (χ4v) is 3.17. The third kappa shape index (κ3) is 3.54. The van der Waals surface area contributed by atoms with E-state index in [0.29, 0.717) is 0 Å². The summed E-state index contributed by atoms with van der Waals surface area (Å²) >= 11 is 3.39. The number of nitrogens with two attached hydrogens (primary N) is 1. The van der Waals surface area contributed by atoms with Crippen LogP contribution in [0.25, 0.3) is 0 Å². The minimum atomic E-state index is -0.236. The lowest BCUT2D eigenvalue weighted by molar-refractivity contribution is -0.0834. The second-order valence-corrected chi connectivity index (χ2v) is 6.10. The van der Waals surface area contributed by atoms with Crippen LogP contribution in [0.1, 0.15) is 31.2 Å². The van der Waals surface area contributed by atoms with Gasteiger partial charge in [0.05, 0.1) is 5.60 Å². The summed E-state index contributed by atoms with van der Waals surface area (Å²) in [6.45, 7) is 0. The first-order valence-corrected chi connectivity index (χ1v) is 7.33. The number of benzene rings is 1. The molecule has 1 aliphatic carbocycles. The van der Waals surface area contributed by atoms with Crippen molar-refractivity contribution in [2.75, 3.05) is 7.11 Å². The fraction of sp³-hybridized carbons (Fsp3) is 0.571. The van der Waals surface area contributed by atoms with Crippen molar-refractivity contribution in [3.8, 4) is 0 Å². The summed E-state index contributed by atoms with van der Waals surface area (Å²) in [7, 11) is 1.76. The fourth-order valence-electron chi connectivity index (χ4n) is 2.65. The number of hydrogen-bond acceptors (Lipinski definition) is 3. The Labute approximate surface area is 121 Å². The van der Waals surface area contributed by atoms with Crippen molar-refractivity contribution in [2.45, 2.75) is 43.7 Å². The van der Waals surface area contributed by atoms with E-state index in [0.717, 1.165) is 35.7 Å². The molecule has 1 saturated carbocycles. The summed E-state index contributed by atoms with van der Waals surface area (Å²) in [5.41, 5.74) is 3.88. The standard InChI is InChI=1S/C14H20BrFN2O/c1-19-14(5-2-6-14)9-12(18-17)7-10-3-4-11(16)8-13(10)15/h3-4,8,12,18H,2,5-7,9,17H2,1H3. The van der Waals surface area contributed by atoms with Crippen LogP contribution in [-0.2, 0) is 11.2 Å². The summed E-state index contributed by atoms with van der Waals surface area (Å²) in [6.07, 6.45) is 5.02. The molecule has 0 heterocycles. The Kier molecular flexibility index (Phi) is 4.95. The van der Waals surface area contributed by atoms with Crippen LogP contribution in [0.2, 0.25) is 0 Å². The highest BCUT2D eigenvalue weighted by molar-refractivity contribution is 9.10. The Morgan fingerprint density at radius 1 is 1.53 bits per heavy atom. The van der Waals surface area contributed by atoms with Gasteiger partial charge in [0.25, 0.3) is 0 Å². The zero-order chi connectivity index (χ0) is 13.9. The number of halogens is 2. The molecule has 106 valence electrons. The number of methoxy groups -OCH3 is 1. The Morgan fingerprint density at radius 2 is 2.26 bits per heavy atom. The van der Waals surface area contributed by atoms with Crippen molar-refractivity contribution < 1.29 is 9.13 Å². The van der Waals surface area contributed by atoms with Gasteiger partial charge in [0, 0.05) is 17.6 Å². The Balaban J connectivity index is 2.02. The Morgan fingerprint density at radius 3 is 2.74 bits per heavy atom. The van der Waals surface area contributed by atoms with Gasteiger partial charge in [-0.05, 0) is 49.8 Å². The smallest absolute Gasteiger partial charge is 0.124 e. The number of ether oxygens (including phenoxy) is 1. The minimum Gasteiger partial charge on any atom is -0.378 e. The molecule has 0 aliphatic heterocycles. The number of rotatable bonds is 6. The van der Waals surface area contributed by atoms with Gasteiger partial charge in [0.2, 0.25) is 0 Å². The van der Waals surface area contributed by atoms with Gasteiger partial charge in [0.1, 0.15) is 5.82 Å². The van der Waals surface area contributed by atoms with Crippen LogP contribution in [0, 0.1) is 5.82 Å². The predicted octanol–water partition coefficient (Wildman–Crippen LogP) is 2.92. The molecule has 3 nitrogen and oxygen atoms in total. The molecule has 2 rings (SSSR count). The molecule has 0 amide bonds. The van der Waals surface area contributed by atoms with Gasteiger partial charge < -0.3 is 4.74 Å². The maximum Gasteiger partial charge on any atom is 0.124 e. The van der Waals surface area contributed by atoms with E-state index in [4.69, 9.17) is 10.6 Å². The molecule has 1 aliphatic rings. The van der Waals surface area contributed by atoms with Crippen molar-refractivity contribution in [3.05, 3.63) is 34.1 Å². The number of hydrazine groups is 1. The third-order valence-corrected chi connectivity index (χ3v) is 4.77. The molecule has 0 radical (unpaired) electrons. The van der Waals surface area contributed by atoms with Crippen molar-refractivity contribution in [1.82, 2.24) is 5.43 Å². The highest BCUT2D eigenvalue weighted by Gasteiger charge is 2.38. The molecule has 3 N–H and O–H groups in total. The van der Waals surface area contributed by atoms with E-state index in [1.807, 2.05) is 0 Å². The third-order valence-electron chi connectivity index (χ3n) is 4.03. The van der Waals surface area contributed by atoms with E-state index < -0.39 is 0 Å². The summed E-state index contributed by atoms with van der Waals surface area (Å²) < 4.78 is 19.5. The Hall–Kier alpha value is -0.490. The van der Waals surface area contributed by atoms with Crippen molar-refractivity contribution in [2.24, 2.45) is 5.84 Å². The molecule has 0 aromatic heterocycles. The lowest BCUT2D eigenvalue weighted by atomic mass is 9.75.